The van der Waals surface area contributed by atoms with Crippen LogP contribution < -0.4 is 10.6 Å². The second kappa shape index (κ2) is 9.66. The van der Waals surface area contributed by atoms with Gasteiger partial charge >= 0.3 is 0 Å². The second-order valence-corrected chi connectivity index (χ2v) is 7.11. The molecule has 0 aliphatic rings. The van der Waals surface area contributed by atoms with Crippen molar-refractivity contribution in [2.24, 2.45) is 0 Å². The van der Waals surface area contributed by atoms with Crippen LogP contribution in [0.15, 0.2) is 84.9 Å². The highest BCUT2D eigenvalue weighted by Gasteiger charge is 2.23. The number of benzene rings is 3. The number of anilines is 1. The van der Waals surface area contributed by atoms with Crippen LogP contribution in [0.5, 0.6) is 0 Å². The van der Waals surface area contributed by atoms with Gasteiger partial charge in [0.25, 0.3) is 11.8 Å². The van der Waals surface area contributed by atoms with Gasteiger partial charge < -0.3 is 15.5 Å². The molecule has 29 heavy (non-hydrogen) atoms. The highest BCUT2D eigenvalue weighted by molar-refractivity contribution is 6.01. The van der Waals surface area contributed by atoms with Crippen molar-refractivity contribution in [3.63, 3.8) is 0 Å². The molecular formula is C24H25N3O2. The zero-order chi connectivity index (χ0) is 20.6. The highest BCUT2D eigenvalue weighted by atomic mass is 16.2. The van der Waals surface area contributed by atoms with Crippen LogP contribution in [0.3, 0.4) is 0 Å². The first-order valence-electron chi connectivity index (χ1n) is 9.48. The lowest BCUT2D eigenvalue weighted by atomic mass is 10.0. The molecule has 0 aliphatic heterocycles. The minimum absolute atomic E-state index is 0.289. The maximum Gasteiger partial charge on any atom is 0.252 e. The summed E-state index contributed by atoms with van der Waals surface area (Å²) in [6.07, 6.45) is 0. The van der Waals surface area contributed by atoms with Crippen LogP contribution in [-0.2, 0) is 11.3 Å². The Labute approximate surface area is 171 Å². The van der Waals surface area contributed by atoms with E-state index in [1.54, 1.807) is 24.3 Å². The Balaban J connectivity index is 1.81. The van der Waals surface area contributed by atoms with Crippen LogP contribution in [0.4, 0.5) is 5.69 Å². The van der Waals surface area contributed by atoms with Crippen LogP contribution in [0.2, 0.25) is 0 Å². The molecule has 5 heteroatoms. The number of carbonyl (C=O) groups is 2. The average Bonchev–Trinajstić information content (AvgIpc) is 2.73. The monoisotopic (exact) mass is 387 g/mol. The highest BCUT2D eigenvalue weighted by Crippen LogP contribution is 2.18. The Morgan fingerprint density at radius 2 is 1.52 bits per heavy atom. The van der Waals surface area contributed by atoms with E-state index in [0.29, 0.717) is 11.3 Å². The first-order valence-corrected chi connectivity index (χ1v) is 9.48. The molecule has 0 heterocycles. The minimum Gasteiger partial charge on any atom is -0.336 e. The summed E-state index contributed by atoms with van der Waals surface area (Å²) < 4.78 is 0. The van der Waals surface area contributed by atoms with Gasteiger partial charge in [-0.05, 0) is 49.5 Å². The van der Waals surface area contributed by atoms with Gasteiger partial charge in [-0.25, -0.2) is 0 Å². The van der Waals surface area contributed by atoms with Gasteiger partial charge in [0.05, 0.1) is 0 Å². The fourth-order valence-corrected chi connectivity index (χ4v) is 3.08. The summed E-state index contributed by atoms with van der Waals surface area (Å²) >= 11 is 0. The van der Waals surface area contributed by atoms with E-state index in [-0.39, 0.29) is 11.8 Å². The first kappa shape index (κ1) is 20.3. The van der Waals surface area contributed by atoms with E-state index in [0.717, 1.165) is 17.7 Å². The summed E-state index contributed by atoms with van der Waals surface area (Å²) in [5.41, 5.74) is 3.02. The average molecular weight is 387 g/mol. The molecule has 0 fully saturated rings. The standard InChI is InChI=1S/C24H25N3O2/c1-27(2)17-18-10-9-15-21(16-18)25-24(29)22(19-11-5-3-6-12-19)26-23(28)20-13-7-4-8-14-20/h3-16,22H,17H2,1-2H3,(H,25,29)(H,26,28). The van der Waals surface area contributed by atoms with Crippen LogP contribution in [-0.4, -0.2) is 30.8 Å². The molecule has 0 bridgehead atoms. The molecule has 0 aromatic heterocycles. The summed E-state index contributed by atoms with van der Waals surface area (Å²) in [4.78, 5) is 27.8. The summed E-state index contributed by atoms with van der Waals surface area (Å²) in [7, 11) is 3.99. The van der Waals surface area contributed by atoms with E-state index in [1.165, 1.54) is 0 Å². The lowest BCUT2D eigenvalue weighted by Crippen LogP contribution is -2.37. The molecule has 0 aliphatic carbocycles. The van der Waals surface area contributed by atoms with Crippen molar-refractivity contribution in [2.45, 2.75) is 12.6 Å². The van der Waals surface area contributed by atoms with E-state index in [9.17, 15) is 9.59 Å². The Kier molecular flexibility index (Phi) is 6.76. The van der Waals surface area contributed by atoms with Crippen LogP contribution >= 0.6 is 0 Å². The fourth-order valence-electron chi connectivity index (χ4n) is 3.08. The van der Waals surface area contributed by atoms with E-state index in [2.05, 4.69) is 15.5 Å². The zero-order valence-electron chi connectivity index (χ0n) is 16.6. The number of carbonyl (C=O) groups excluding carboxylic acids is 2. The van der Waals surface area contributed by atoms with E-state index in [4.69, 9.17) is 0 Å². The SMILES string of the molecule is CN(C)Cc1cccc(NC(=O)C(NC(=O)c2ccccc2)c2ccccc2)c1. The van der Waals surface area contributed by atoms with Gasteiger partial charge in [-0.1, -0.05) is 60.7 Å². The second-order valence-electron chi connectivity index (χ2n) is 7.11. The van der Waals surface area contributed by atoms with Crippen molar-refractivity contribution in [1.82, 2.24) is 10.2 Å². The molecule has 0 radical (unpaired) electrons. The molecule has 0 saturated heterocycles. The number of nitrogens with one attached hydrogen (secondary N) is 2. The van der Waals surface area contributed by atoms with Crippen molar-refractivity contribution >= 4 is 17.5 Å². The first-order chi connectivity index (χ1) is 14.0. The van der Waals surface area contributed by atoms with E-state index >= 15 is 0 Å². The number of hydrogen-bond donors (Lipinski definition) is 2. The predicted molar refractivity (Wildman–Crippen MR) is 116 cm³/mol. The summed E-state index contributed by atoms with van der Waals surface area (Å²) in [6.45, 7) is 0.774. The minimum atomic E-state index is -0.804. The molecule has 2 N–H and O–H groups in total. The van der Waals surface area contributed by atoms with E-state index in [1.807, 2.05) is 74.8 Å². The van der Waals surface area contributed by atoms with Crippen LogP contribution in [0.1, 0.15) is 27.5 Å². The molecule has 0 spiro atoms. The maximum atomic E-state index is 13.1. The smallest absolute Gasteiger partial charge is 0.252 e. The Morgan fingerprint density at radius 1 is 0.862 bits per heavy atom. The van der Waals surface area contributed by atoms with E-state index < -0.39 is 6.04 Å². The predicted octanol–water partition coefficient (Wildman–Crippen LogP) is 3.86. The van der Waals surface area contributed by atoms with Gasteiger partial charge in [0.2, 0.25) is 0 Å². The van der Waals surface area contributed by atoms with Gasteiger partial charge in [0.1, 0.15) is 6.04 Å². The third kappa shape index (κ3) is 5.77. The molecule has 148 valence electrons. The van der Waals surface area contributed by atoms with Crippen LogP contribution in [0.25, 0.3) is 0 Å². The normalized spacial score (nSPS) is 11.7. The fraction of sp³-hybridized carbons (Fsp3) is 0.167. The molecule has 1 unspecified atom stereocenters. The lowest BCUT2D eigenvalue weighted by molar-refractivity contribution is -0.118. The number of rotatable bonds is 7. The number of amides is 2. The van der Waals surface area contributed by atoms with Gasteiger partial charge in [0.15, 0.2) is 0 Å². The molecule has 3 aromatic carbocycles. The molecule has 2 amide bonds. The van der Waals surface area contributed by atoms with Crippen molar-refractivity contribution < 1.29 is 9.59 Å². The van der Waals surface area contributed by atoms with Gasteiger partial charge in [0, 0.05) is 17.8 Å². The third-order valence-electron chi connectivity index (χ3n) is 4.40. The van der Waals surface area contributed by atoms with Gasteiger partial charge in [-0.15, -0.1) is 0 Å². The number of nitrogens with zero attached hydrogens (tertiary/aromatic N) is 1. The zero-order valence-corrected chi connectivity index (χ0v) is 16.6. The van der Waals surface area contributed by atoms with Crippen molar-refractivity contribution in [1.29, 1.82) is 0 Å². The third-order valence-corrected chi connectivity index (χ3v) is 4.40. The lowest BCUT2D eigenvalue weighted by Gasteiger charge is -2.19. The Morgan fingerprint density at radius 3 is 2.17 bits per heavy atom. The topological polar surface area (TPSA) is 61.4 Å². The Bertz CT molecular complexity index is 956. The van der Waals surface area contributed by atoms with Crippen LogP contribution in [0, 0.1) is 0 Å². The molecule has 3 aromatic rings. The molecular weight excluding hydrogens is 362 g/mol. The number of hydrogen-bond acceptors (Lipinski definition) is 3. The molecule has 0 saturated carbocycles. The summed E-state index contributed by atoms with van der Waals surface area (Å²) in [5.74, 6) is -0.585. The quantitative estimate of drug-likeness (QED) is 0.647. The van der Waals surface area contributed by atoms with Gasteiger partial charge in [-0.2, -0.15) is 0 Å². The van der Waals surface area contributed by atoms with Crippen molar-refractivity contribution in [3.05, 3.63) is 102 Å². The maximum absolute atomic E-state index is 13.1. The van der Waals surface area contributed by atoms with Crippen molar-refractivity contribution in [2.75, 3.05) is 19.4 Å². The summed E-state index contributed by atoms with van der Waals surface area (Å²) in [5, 5.41) is 5.80. The molecule has 5 nitrogen and oxygen atoms in total. The molecule has 1 atom stereocenters. The molecule has 3 rings (SSSR count). The Hall–Kier alpha value is -3.44. The van der Waals surface area contributed by atoms with Crippen molar-refractivity contribution in [3.8, 4) is 0 Å². The largest absolute Gasteiger partial charge is 0.336 e. The van der Waals surface area contributed by atoms with Gasteiger partial charge in [-0.3, -0.25) is 9.59 Å². The summed E-state index contributed by atoms with van der Waals surface area (Å²) in [6, 6.07) is 25.0.